The highest BCUT2D eigenvalue weighted by molar-refractivity contribution is 7.21. The molecule has 0 radical (unpaired) electrons. The lowest BCUT2D eigenvalue weighted by molar-refractivity contribution is -0.129. The Morgan fingerprint density at radius 2 is 1.88 bits per heavy atom. The maximum Gasteiger partial charge on any atom is 0.363 e. The van der Waals surface area contributed by atoms with E-state index in [1.165, 1.54) is 11.3 Å². The van der Waals surface area contributed by atoms with Crippen LogP contribution in [-0.4, -0.2) is 11.9 Å². The van der Waals surface area contributed by atoms with Crippen LogP contribution in [0.4, 0.5) is 0 Å². The normalized spacial score (nSPS) is 15.8. The van der Waals surface area contributed by atoms with E-state index in [9.17, 15) is 4.79 Å². The van der Waals surface area contributed by atoms with Crippen molar-refractivity contribution >= 4 is 51.0 Å². The van der Waals surface area contributed by atoms with E-state index in [0.717, 1.165) is 21.2 Å². The highest BCUT2D eigenvalue weighted by Gasteiger charge is 2.27. The number of halogens is 1. The van der Waals surface area contributed by atoms with Gasteiger partial charge in [0.15, 0.2) is 5.70 Å². The minimum absolute atomic E-state index is 0.268. The van der Waals surface area contributed by atoms with Crippen LogP contribution in [0.3, 0.4) is 0 Å². The first-order valence-electron chi connectivity index (χ1n) is 7.38. The Bertz CT molecular complexity index is 1020. The van der Waals surface area contributed by atoms with E-state index in [0.29, 0.717) is 9.90 Å². The molecule has 3 aromatic rings. The van der Waals surface area contributed by atoms with Gasteiger partial charge in [-0.2, -0.15) is 0 Å². The summed E-state index contributed by atoms with van der Waals surface area (Å²) in [6.45, 7) is 2.01. The number of fused-ring (bicyclic) bond motifs is 1. The fourth-order valence-corrected chi connectivity index (χ4v) is 3.92. The van der Waals surface area contributed by atoms with Crippen LogP contribution in [-0.2, 0) is 9.53 Å². The van der Waals surface area contributed by atoms with Gasteiger partial charge in [-0.25, -0.2) is 9.79 Å². The number of nitrogens with zero attached hydrogens (tertiary/aromatic N) is 1. The van der Waals surface area contributed by atoms with Crippen molar-refractivity contribution in [3.63, 3.8) is 0 Å². The SMILES string of the molecule is Cc1ccc(C=C2N=C(c3sc4ccccc4c3Cl)OC2=O)cc1. The maximum atomic E-state index is 12.1. The molecular weight excluding hydrogens is 342 g/mol. The molecule has 1 aliphatic rings. The first kappa shape index (κ1) is 15.1. The van der Waals surface area contributed by atoms with Crippen LogP contribution in [0.15, 0.2) is 59.2 Å². The molecule has 0 saturated carbocycles. The lowest BCUT2D eigenvalue weighted by atomic mass is 10.1. The van der Waals surface area contributed by atoms with Crippen LogP contribution in [0.25, 0.3) is 16.2 Å². The molecule has 2 aromatic carbocycles. The molecule has 0 saturated heterocycles. The first-order valence-corrected chi connectivity index (χ1v) is 8.58. The summed E-state index contributed by atoms with van der Waals surface area (Å²) in [7, 11) is 0. The van der Waals surface area contributed by atoms with E-state index in [2.05, 4.69) is 4.99 Å². The second kappa shape index (κ2) is 5.89. The zero-order valence-corrected chi connectivity index (χ0v) is 14.3. The molecule has 0 N–H and O–H groups in total. The number of benzene rings is 2. The van der Waals surface area contributed by atoms with Crippen LogP contribution in [0.5, 0.6) is 0 Å². The van der Waals surface area contributed by atoms with Crippen molar-refractivity contribution < 1.29 is 9.53 Å². The summed E-state index contributed by atoms with van der Waals surface area (Å²) in [4.78, 5) is 17.1. The van der Waals surface area contributed by atoms with Crippen molar-refractivity contribution in [3.05, 3.63) is 75.3 Å². The number of hydrogen-bond donors (Lipinski definition) is 0. The average molecular weight is 354 g/mol. The summed E-state index contributed by atoms with van der Waals surface area (Å²) in [5, 5.41) is 1.51. The summed E-state index contributed by atoms with van der Waals surface area (Å²) in [5.41, 5.74) is 2.34. The number of aryl methyl sites for hydroxylation is 1. The lowest BCUT2D eigenvalue weighted by Gasteiger charge is -1.96. The lowest BCUT2D eigenvalue weighted by Crippen LogP contribution is -2.04. The second-order valence-corrected chi connectivity index (χ2v) is 6.92. The Morgan fingerprint density at radius 3 is 2.62 bits per heavy atom. The van der Waals surface area contributed by atoms with Crippen LogP contribution in [0.1, 0.15) is 16.0 Å². The molecule has 24 heavy (non-hydrogen) atoms. The fourth-order valence-electron chi connectivity index (χ4n) is 2.48. The number of carbonyl (C=O) groups is 1. The van der Waals surface area contributed by atoms with Crippen molar-refractivity contribution in [2.24, 2.45) is 4.99 Å². The Balaban J connectivity index is 1.75. The van der Waals surface area contributed by atoms with Gasteiger partial charge in [0.25, 0.3) is 0 Å². The van der Waals surface area contributed by atoms with E-state index in [-0.39, 0.29) is 11.6 Å². The Labute approximate surface area is 147 Å². The molecule has 0 fully saturated rings. The molecular formula is C19H12ClNO2S. The molecule has 0 spiro atoms. The van der Waals surface area contributed by atoms with Gasteiger partial charge in [0.2, 0.25) is 5.90 Å². The van der Waals surface area contributed by atoms with Crippen LogP contribution >= 0.6 is 22.9 Å². The van der Waals surface area contributed by atoms with Crippen LogP contribution in [0.2, 0.25) is 5.02 Å². The molecule has 0 bridgehead atoms. The van der Waals surface area contributed by atoms with Gasteiger partial charge >= 0.3 is 5.97 Å². The molecule has 5 heteroatoms. The quantitative estimate of drug-likeness (QED) is 0.468. The van der Waals surface area contributed by atoms with Gasteiger partial charge in [0, 0.05) is 10.1 Å². The van der Waals surface area contributed by atoms with Gasteiger partial charge in [0.1, 0.15) is 4.88 Å². The van der Waals surface area contributed by atoms with Gasteiger partial charge in [-0.15, -0.1) is 11.3 Å². The summed E-state index contributed by atoms with van der Waals surface area (Å²) in [6.07, 6.45) is 1.72. The second-order valence-electron chi connectivity index (χ2n) is 5.49. The summed E-state index contributed by atoms with van der Waals surface area (Å²) < 4.78 is 6.37. The van der Waals surface area contributed by atoms with Gasteiger partial charge in [-0.05, 0) is 24.6 Å². The fraction of sp³-hybridized carbons (Fsp3) is 0.0526. The van der Waals surface area contributed by atoms with Gasteiger partial charge < -0.3 is 4.74 Å². The van der Waals surface area contributed by atoms with Crippen molar-refractivity contribution in [1.82, 2.24) is 0 Å². The highest BCUT2D eigenvalue weighted by atomic mass is 35.5. The van der Waals surface area contributed by atoms with Crippen molar-refractivity contribution in [2.45, 2.75) is 6.92 Å². The standard InChI is InChI=1S/C19H12ClNO2S/c1-11-6-8-12(9-7-11)10-14-19(22)23-18(21-14)17-16(20)13-4-2-3-5-15(13)24-17/h2-10H,1H3. The summed E-state index contributed by atoms with van der Waals surface area (Å²) in [5.74, 6) is -0.191. The third-order valence-corrected chi connectivity index (χ3v) is 5.39. The first-order chi connectivity index (χ1) is 11.6. The predicted molar refractivity (Wildman–Crippen MR) is 98.6 cm³/mol. The zero-order chi connectivity index (χ0) is 16.7. The number of ether oxygens (including phenoxy) is 1. The van der Waals surface area contributed by atoms with Crippen LogP contribution < -0.4 is 0 Å². The minimum Gasteiger partial charge on any atom is -0.401 e. The molecule has 0 atom stereocenters. The number of carbonyl (C=O) groups excluding carboxylic acids is 1. The Kier molecular flexibility index (Phi) is 3.71. The number of aliphatic imine (C=N–C) groups is 1. The number of rotatable bonds is 2. The third-order valence-electron chi connectivity index (χ3n) is 3.73. The topological polar surface area (TPSA) is 38.7 Å². The molecule has 0 aliphatic carbocycles. The smallest absolute Gasteiger partial charge is 0.363 e. The number of hydrogen-bond acceptors (Lipinski definition) is 4. The monoisotopic (exact) mass is 353 g/mol. The molecule has 3 nitrogen and oxygen atoms in total. The van der Waals surface area contributed by atoms with Crippen molar-refractivity contribution in [2.75, 3.05) is 0 Å². The number of thiophene rings is 1. The van der Waals surface area contributed by atoms with E-state index < -0.39 is 5.97 Å². The van der Waals surface area contributed by atoms with Gasteiger partial charge in [0.05, 0.1) is 5.02 Å². The molecule has 4 rings (SSSR count). The van der Waals surface area contributed by atoms with E-state index in [4.69, 9.17) is 16.3 Å². The summed E-state index contributed by atoms with van der Waals surface area (Å²) in [6, 6.07) is 15.7. The van der Waals surface area contributed by atoms with Crippen LogP contribution in [0, 0.1) is 6.92 Å². The average Bonchev–Trinajstić information content (AvgIpc) is 3.11. The number of cyclic esters (lactones) is 1. The van der Waals surface area contributed by atoms with Gasteiger partial charge in [-0.1, -0.05) is 59.6 Å². The van der Waals surface area contributed by atoms with Crippen molar-refractivity contribution in [3.8, 4) is 0 Å². The van der Waals surface area contributed by atoms with E-state index in [1.807, 2.05) is 55.5 Å². The minimum atomic E-state index is -0.459. The van der Waals surface area contributed by atoms with Crippen molar-refractivity contribution in [1.29, 1.82) is 0 Å². The molecule has 0 amide bonds. The third kappa shape index (κ3) is 2.64. The highest BCUT2D eigenvalue weighted by Crippen LogP contribution is 2.37. The maximum absolute atomic E-state index is 12.1. The predicted octanol–water partition coefficient (Wildman–Crippen LogP) is 5.21. The molecule has 1 aromatic heterocycles. The summed E-state index contributed by atoms with van der Waals surface area (Å²) >= 11 is 7.90. The van der Waals surface area contributed by atoms with E-state index in [1.54, 1.807) is 6.08 Å². The number of esters is 1. The zero-order valence-electron chi connectivity index (χ0n) is 12.7. The molecule has 118 valence electrons. The molecule has 1 aliphatic heterocycles. The molecule has 0 unspecified atom stereocenters. The van der Waals surface area contributed by atoms with Gasteiger partial charge in [-0.3, -0.25) is 0 Å². The Morgan fingerprint density at radius 1 is 1.12 bits per heavy atom. The molecule has 2 heterocycles. The largest absolute Gasteiger partial charge is 0.401 e. The van der Waals surface area contributed by atoms with E-state index >= 15 is 0 Å². The Hall–Kier alpha value is -2.43.